The molecule has 1 atom stereocenters. The average Bonchev–Trinajstić information content (AvgIpc) is 3.10. The highest BCUT2D eigenvalue weighted by Crippen LogP contribution is 2.28. The standard InChI is InChI=1S/C16H21ClN4O2/c1-4-21-13(12(17)8-18-21)9-20(3)16(22)15-11-7-10(2)5-6-14(11)23-19-15/h8,10H,4-7,9H2,1-3H3/t10-/m1/s1. The Labute approximate surface area is 140 Å². The van der Waals surface area contributed by atoms with Crippen molar-refractivity contribution in [2.45, 2.75) is 46.2 Å². The van der Waals surface area contributed by atoms with Crippen molar-refractivity contribution in [1.29, 1.82) is 0 Å². The molecule has 0 saturated carbocycles. The number of carbonyl (C=O) groups is 1. The minimum atomic E-state index is -0.135. The predicted octanol–water partition coefficient (Wildman–Crippen LogP) is 2.94. The number of amides is 1. The van der Waals surface area contributed by atoms with Gasteiger partial charge in [0.2, 0.25) is 0 Å². The van der Waals surface area contributed by atoms with Gasteiger partial charge in [-0.3, -0.25) is 9.48 Å². The van der Waals surface area contributed by atoms with Crippen molar-refractivity contribution < 1.29 is 9.32 Å². The molecule has 23 heavy (non-hydrogen) atoms. The third-order valence-corrected chi connectivity index (χ3v) is 4.74. The number of halogens is 1. The SMILES string of the molecule is CCn1ncc(Cl)c1CN(C)C(=O)c1noc2c1C[C@H](C)CC2. The molecule has 124 valence electrons. The lowest BCUT2D eigenvalue weighted by molar-refractivity contribution is 0.0770. The van der Waals surface area contributed by atoms with Gasteiger partial charge < -0.3 is 9.42 Å². The molecule has 7 heteroatoms. The zero-order valence-electron chi connectivity index (χ0n) is 13.7. The number of carbonyl (C=O) groups excluding carboxylic acids is 1. The normalized spacial score (nSPS) is 17.1. The highest BCUT2D eigenvalue weighted by molar-refractivity contribution is 6.31. The Morgan fingerprint density at radius 3 is 3.09 bits per heavy atom. The Hall–Kier alpha value is -1.82. The van der Waals surface area contributed by atoms with Crippen molar-refractivity contribution >= 4 is 17.5 Å². The molecule has 0 N–H and O–H groups in total. The fourth-order valence-corrected chi connectivity index (χ4v) is 3.24. The first-order valence-electron chi connectivity index (χ1n) is 7.94. The molecule has 6 nitrogen and oxygen atoms in total. The van der Waals surface area contributed by atoms with Gasteiger partial charge in [-0.2, -0.15) is 5.10 Å². The summed E-state index contributed by atoms with van der Waals surface area (Å²) >= 11 is 6.18. The lowest BCUT2D eigenvalue weighted by Gasteiger charge is -2.19. The molecule has 3 rings (SSSR count). The minimum absolute atomic E-state index is 0.135. The van der Waals surface area contributed by atoms with E-state index in [1.54, 1.807) is 22.8 Å². The first kappa shape index (κ1) is 16.1. The highest BCUT2D eigenvalue weighted by atomic mass is 35.5. The largest absolute Gasteiger partial charge is 0.360 e. The second-order valence-corrected chi connectivity index (χ2v) is 6.60. The van der Waals surface area contributed by atoms with Crippen LogP contribution in [-0.4, -0.2) is 32.8 Å². The summed E-state index contributed by atoms with van der Waals surface area (Å²) in [5.74, 6) is 1.27. The maximum absolute atomic E-state index is 12.8. The lowest BCUT2D eigenvalue weighted by Crippen LogP contribution is -2.29. The number of aryl methyl sites for hydroxylation is 2. The van der Waals surface area contributed by atoms with Crippen LogP contribution in [0.1, 0.15) is 47.8 Å². The van der Waals surface area contributed by atoms with E-state index in [2.05, 4.69) is 17.2 Å². The summed E-state index contributed by atoms with van der Waals surface area (Å²) in [6, 6.07) is 0. The topological polar surface area (TPSA) is 64.2 Å². The molecule has 2 heterocycles. The molecule has 1 amide bonds. The molecule has 2 aromatic rings. The highest BCUT2D eigenvalue weighted by Gasteiger charge is 2.29. The number of rotatable bonds is 4. The van der Waals surface area contributed by atoms with Crippen LogP contribution in [0.3, 0.4) is 0 Å². The summed E-state index contributed by atoms with van der Waals surface area (Å²) in [4.78, 5) is 14.4. The van der Waals surface area contributed by atoms with E-state index in [1.165, 1.54) is 0 Å². The number of aromatic nitrogens is 3. The van der Waals surface area contributed by atoms with E-state index < -0.39 is 0 Å². The molecule has 0 unspecified atom stereocenters. The average molecular weight is 337 g/mol. The minimum Gasteiger partial charge on any atom is -0.360 e. The molecular formula is C16H21ClN4O2. The Morgan fingerprint density at radius 2 is 2.35 bits per heavy atom. The van der Waals surface area contributed by atoms with E-state index in [0.717, 1.165) is 36.3 Å². The molecule has 0 fully saturated rings. The van der Waals surface area contributed by atoms with Crippen molar-refractivity contribution in [3.05, 3.63) is 33.9 Å². The first-order chi connectivity index (χ1) is 11.0. The molecule has 1 aliphatic rings. The Morgan fingerprint density at radius 1 is 1.57 bits per heavy atom. The third-order valence-electron chi connectivity index (χ3n) is 4.42. The van der Waals surface area contributed by atoms with Crippen molar-refractivity contribution in [2.24, 2.45) is 5.92 Å². The second-order valence-electron chi connectivity index (χ2n) is 6.20. The molecule has 0 spiro atoms. The van der Waals surface area contributed by atoms with E-state index >= 15 is 0 Å². The summed E-state index contributed by atoms with van der Waals surface area (Å²) < 4.78 is 7.17. The van der Waals surface area contributed by atoms with Gasteiger partial charge in [0.05, 0.1) is 23.5 Å². The first-order valence-corrected chi connectivity index (χ1v) is 8.32. The molecule has 0 aromatic carbocycles. The van der Waals surface area contributed by atoms with Gasteiger partial charge in [-0.25, -0.2) is 0 Å². The van der Waals surface area contributed by atoms with Crippen LogP contribution in [0.5, 0.6) is 0 Å². The van der Waals surface area contributed by atoms with Crippen LogP contribution in [-0.2, 0) is 25.9 Å². The molecule has 0 aliphatic heterocycles. The molecule has 0 bridgehead atoms. The van der Waals surface area contributed by atoms with Gasteiger partial charge in [-0.1, -0.05) is 23.7 Å². The molecule has 0 radical (unpaired) electrons. The molecule has 0 saturated heterocycles. The third kappa shape index (κ3) is 3.00. The van der Waals surface area contributed by atoms with E-state index in [9.17, 15) is 4.79 Å². The van der Waals surface area contributed by atoms with Gasteiger partial charge in [0.25, 0.3) is 5.91 Å². The summed E-state index contributed by atoms with van der Waals surface area (Å²) in [6.07, 6.45) is 4.39. The maximum atomic E-state index is 12.8. The van der Waals surface area contributed by atoms with Crippen LogP contribution >= 0.6 is 11.6 Å². The van der Waals surface area contributed by atoms with Crippen LogP contribution in [0.15, 0.2) is 10.7 Å². The number of hydrogen-bond acceptors (Lipinski definition) is 4. The van der Waals surface area contributed by atoms with Gasteiger partial charge in [0.1, 0.15) is 5.76 Å². The Kier molecular flexibility index (Phi) is 4.43. The fraction of sp³-hybridized carbons (Fsp3) is 0.562. The van der Waals surface area contributed by atoms with Gasteiger partial charge in [0.15, 0.2) is 5.69 Å². The van der Waals surface area contributed by atoms with E-state index in [1.807, 2.05) is 6.92 Å². The van der Waals surface area contributed by atoms with Crippen LogP contribution in [0, 0.1) is 5.92 Å². The van der Waals surface area contributed by atoms with Crippen LogP contribution in [0.4, 0.5) is 0 Å². The summed E-state index contributed by atoms with van der Waals surface area (Å²) in [5, 5.41) is 8.80. The number of fused-ring (bicyclic) bond motifs is 1. The zero-order chi connectivity index (χ0) is 16.6. The quantitative estimate of drug-likeness (QED) is 0.861. The van der Waals surface area contributed by atoms with Crippen molar-refractivity contribution in [3.63, 3.8) is 0 Å². The Balaban J connectivity index is 1.81. The zero-order valence-corrected chi connectivity index (χ0v) is 14.4. The number of hydrogen-bond donors (Lipinski definition) is 0. The van der Waals surface area contributed by atoms with Gasteiger partial charge >= 0.3 is 0 Å². The number of nitrogens with zero attached hydrogens (tertiary/aromatic N) is 4. The van der Waals surface area contributed by atoms with E-state index in [4.69, 9.17) is 16.1 Å². The monoisotopic (exact) mass is 336 g/mol. The van der Waals surface area contributed by atoms with Gasteiger partial charge in [0, 0.05) is 25.6 Å². The van der Waals surface area contributed by atoms with Crippen LogP contribution in [0.2, 0.25) is 5.02 Å². The van der Waals surface area contributed by atoms with Gasteiger partial charge in [-0.15, -0.1) is 0 Å². The molecule has 2 aromatic heterocycles. The molecular weight excluding hydrogens is 316 g/mol. The van der Waals surface area contributed by atoms with E-state index in [0.29, 0.717) is 29.7 Å². The van der Waals surface area contributed by atoms with Crippen molar-refractivity contribution in [1.82, 2.24) is 19.8 Å². The van der Waals surface area contributed by atoms with Crippen LogP contribution in [0.25, 0.3) is 0 Å². The molecule has 1 aliphatic carbocycles. The maximum Gasteiger partial charge on any atom is 0.276 e. The summed E-state index contributed by atoms with van der Waals surface area (Å²) in [6.45, 7) is 5.28. The fourth-order valence-electron chi connectivity index (χ4n) is 3.04. The summed E-state index contributed by atoms with van der Waals surface area (Å²) in [7, 11) is 1.75. The van der Waals surface area contributed by atoms with Crippen molar-refractivity contribution in [2.75, 3.05) is 7.05 Å². The van der Waals surface area contributed by atoms with Gasteiger partial charge in [-0.05, 0) is 25.7 Å². The predicted molar refractivity (Wildman–Crippen MR) is 86.4 cm³/mol. The summed E-state index contributed by atoms with van der Waals surface area (Å²) in [5.41, 5.74) is 2.24. The lowest BCUT2D eigenvalue weighted by atomic mass is 9.88. The van der Waals surface area contributed by atoms with Crippen molar-refractivity contribution in [3.8, 4) is 0 Å². The smallest absolute Gasteiger partial charge is 0.276 e. The van der Waals surface area contributed by atoms with Crippen LogP contribution < -0.4 is 0 Å². The second kappa shape index (κ2) is 6.35. The van der Waals surface area contributed by atoms with E-state index in [-0.39, 0.29) is 5.91 Å². The Bertz CT molecular complexity index is 722.